The number of aryl methyl sites for hydroxylation is 3. The number of nitrogens with one attached hydrogen (secondary N) is 3. The first kappa shape index (κ1) is 31.3. The van der Waals surface area contributed by atoms with Gasteiger partial charge in [0.05, 0.1) is 22.7 Å². The van der Waals surface area contributed by atoms with Crippen molar-refractivity contribution in [2.24, 2.45) is 0 Å². The van der Waals surface area contributed by atoms with Crippen LogP contribution >= 0.6 is 0 Å². The van der Waals surface area contributed by atoms with E-state index in [1.54, 1.807) is 0 Å². The molecule has 5 N–H and O–H groups in total. The van der Waals surface area contributed by atoms with E-state index >= 15 is 0 Å². The van der Waals surface area contributed by atoms with Crippen LogP contribution in [0, 0.1) is 20.8 Å². The topological polar surface area (TPSA) is 62.1 Å². The molecule has 7 aromatic carbocycles. The molecule has 0 atom stereocenters. The molecule has 4 heteroatoms. The second-order valence-electron chi connectivity index (χ2n) is 12.7. The first-order valence-electron chi connectivity index (χ1n) is 16.6. The van der Waals surface area contributed by atoms with Gasteiger partial charge in [-0.05, 0) is 103 Å². The van der Waals surface area contributed by atoms with Gasteiger partial charge in [-0.2, -0.15) is 0 Å². The molecule has 0 bridgehead atoms. The summed E-state index contributed by atoms with van der Waals surface area (Å²) in [7, 11) is 0. The fourth-order valence-electron chi connectivity index (χ4n) is 6.14. The molecule has 0 aliphatic rings. The van der Waals surface area contributed by atoms with E-state index in [4.69, 9.17) is 5.73 Å². The Kier molecular flexibility index (Phi) is 8.86. The molecule has 49 heavy (non-hydrogen) atoms. The van der Waals surface area contributed by atoms with Gasteiger partial charge in [-0.1, -0.05) is 126 Å². The number of rotatable bonds is 9. The van der Waals surface area contributed by atoms with Crippen molar-refractivity contribution in [3.05, 3.63) is 174 Å². The first-order chi connectivity index (χ1) is 23.9. The van der Waals surface area contributed by atoms with E-state index in [0.717, 1.165) is 34.1 Å². The maximum absolute atomic E-state index is 6.70. The van der Waals surface area contributed by atoms with E-state index in [1.165, 1.54) is 50.1 Å². The maximum Gasteiger partial charge on any atom is 0.0884 e. The van der Waals surface area contributed by atoms with Crippen LogP contribution in [0.2, 0.25) is 0 Å². The quantitative estimate of drug-likeness (QED) is 0.119. The minimum Gasteiger partial charge on any atom is -0.397 e. The average molecular weight is 637 g/mol. The van der Waals surface area contributed by atoms with Crippen LogP contribution in [0.25, 0.3) is 33.4 Å². The monoisotopic (exact) mass is 636 g/mol. The summed E-state index contributed by atoms with van der Waals surface area (Å²) in [4.78, 5) is 0. The molecule has 0 saturated heterocycles. The van der Waals surface area contributed by atoms with E-state index in [1.807, 2.05) is 12.1 Å². The third-order valence-electron chi connectivity index (χ3n) is 8.76. The zero-order valence-electron chi connectivity index (χ0n) is 28.1. The van der Waals surface area contributed by atoms with Gasteiger partial charge in [-0.15, -0.1) is 0 Å². The minimum atomic E-state index is 0.641. The Bertz CT molecular complexity index is 2220. The third kappa shape index (κ3) is 7.34. The van der Waals surface area contributed by atoms with Crippen molar-refractivity contribution >= 4 is 39.8 Å². The van der Waals surface area contributed by atoms with Crippen molar-refractivity contribution in [1.82, 2.24) is 0 Å². The lowest BCUT2D eigenvalue weighted by Crippen LogP contribution is -2.05. The van der Waals surface area contributed by atoms with Crippen molar-refractivity contribution in [3.8, 4) is 33.4 Å². The van der Waals surface area contributed by atoms with Gasteiger partial charge in [0.25, 0.3) is 0 Å². The summed E-state index contributed by atoms with van der Waals surface area (Å²) in [5.74, 6) is 0. The number of nitrogens with two attached hydrogens (primary N) is 1. The van der Waals surface area contributed by atoms with Gasteiger partial charge >= 0.3 is 0 Å². The molecular formula is C45H40N4. The highest BCUT2D eigenvalue weighted by Crippen LogP contribution is 2.41. The fraction of sp³-hybridized carbons (Fsp3) is 0.0667. The van der Waals surface area contributed by atoms with E-state index in [-0.39, 0.29) is 0 Å². The predicted octanol–water partition coefficient (Wildman–Crippen LogP) is 12.4. The van der Waals surface area contributed by atoms with E-state index in [9.17, 15) is 0 Å². The molecule has 4 nitrogen and oxygen atoms in total. The van der Waals surface area contributed by atoms with Crippen molar-refractivity contribution in [3.63, 3.8) is 0 Å². The molecule has 0 heterocycles. The van der Waals surface area contributed by atoms with Crippen molar-refractivity contribution in [1.29, 1.82) is 0 Å². The Labute approximate surface area is 289 Å². The van der Waals surface area contributed by atoms with Crippen LogP contribution in [-0.4, -0.2) is 0 Å². The highest BCUT2D eigenvalue weighted by molar-refractivity contribution is 5.96. The molecule has 240 valence electrons. The molecule has 0 spiro atoms. The van der Waals surface area contributed by atoms with Crippen molar-refractivity contribution in [2.45, 2.75) is 20.8 Å². The Morgan fingerprint density at radius 3 is 1.10 bits per heavy atom. The Morgan fingerprint density at radius 2 is 0.714 bits per heavy atom. The molecule has 7 rings (SSSR count). The van der Waals surface area contributed by atoms with Gasteiger partial charge in [-0.25, -0.2) is 0 Å². The summed E-state index contributed by atoms with van der Waals surface area (Å²) >= 11 is 0. The normalized spacial score (nSPS) is 10.8. The lowest BCUT2D eigenvalue weighted by molar-refractivity contribution is 1.45. The van der Waals surface area contributed by atoms with E-state index < -0.39 is 0 Å². The number of hydrogen-bond donors (Lipinski definition) is 4. The molecule has 0 saturated carbocycles. The summed E-state index contributed by atoms with van der Waals surface area (Å²) in [6, 6.07) is 55.2. The molecule has 0 aromatic heterocycles. The van der Waals surface area contributed by atoms with Crippen LogP contribution in [0.4, 0.5) is 39.8 Å². The van der Waals surface area contributed by atoms with E-state index in [2.05, 4.69) is 182 Å². The maximum atomic E-state index is 6.70. The molecular weight excluding hydrogens is 597 g/mol. The van der Waals surface area contributed by atoms with Gasteiger partial charge in [0, 0.05) is 17.1 Å². The molecule has 7 aromatic rings. The van der Waals surface area contributed by atoms with Gasteiger partial charge in [0.15, 0.2) is 0 Å². The fourth-order valence-corrected chi connectivity index (χ4v) is 6.14. The largest absolute Gasteiger partial charge is 0.397 e. The van der Waals surface area contributed by atoms with Crippen LogP contribution in [0.1, 0.15) is 16.7 Å². The first-order valence-corrected chi connectivity index (χ1v) is 16.6. The molecule has 0 aliphatic heterocycles. The number of benzene rings is 7. The number of hydrogen-bond acceptors (Lipinski definition) is 4. The standard InChI is InChI=1S/C45H40N4/c1-30-7-4-10-36(27-30)33-13-19-39(20-14-33)47-43-26-25-42(46)44(48-40-21-15-34(16-22-40)37-11-5-8-31(2)28-37)45(43)49-41-23-17-35(18-24-41)38-12-6-9-32(3)29-38/h4-29,47-49H,46H2,1-3H3. The molecule has 0 unspecified atom stereocenters. The lowest BCUT2D eigenvalue weighted by atomic mass is 10.0. The summed E-state index contributed by atoms with van der Waals surface area (Å²) in [5, 5.41) is 11.0. The predicted molar refractivity (Wildman–Crippen MR) is 211 cm³/mol. The molecule has 0 radical (unpaired) electrons. The van der Waals surface area contributed by atoms with Gasteiger partial charge in [0.2, 0.25) is 0 Å². The Morgan fingerprint density at radius 1 is 0.347 bits per heavy atom. The molecule has 0 fully saturated rings. The highest BCUT2D eigenvalue weighted by Gasteiger charge is 2.15. The zero-order chi connectivity index (χ0) is 33.7. The summed E-state index contributed by atoms with van der Waals surface area (Å²) in [6.07, 6.45) is 0. The highest BCUT2D eigenvalue weighted by atomic mass is 15.0. The minimum absolute atomic E-state index is 0.641. The SMILES string of the molecule is Cc1cccc(-c2ccc(Nc3ccc(N)c(Nc4ccc(-c5cccc(C)c5)cc4)c3Nc3ccc(-c4cccc(C)c4)cc3)cc2)c1. The Hall–Kier alpha value is -6.26. The average Bonchev–Trinajstić information content (AvgIpc) is 3.12. The summed E-state index contributed by atoms with van der Waals surface area (Å²) < 4.78 is 0. The molecule has 0 aliphatic carbocycles. The summed E-state index contributed by atoms with van der Waals surface area (Å²) in [5.41, 5.74) is 23.6. The second-order valence-corrected chi connectivity index (χ2v) is 12.7. The van der Waals surface area contributed by atoms with Crippen LogP contribution in [0.5, 0.6) is 0 Å². The number of anilines is 7. The molecule has 0 amide bonds. The van der Waals surface area contributed by atoms with Crippen LogP contribution in [-0.2, 0) is 0 Å². The van der Waals surface area contributed by atoms with Crippen LogP contribution in [0.3, 0.4) is 0 Å². The lowest BCUT2D eigenvalue weighted by Gasteiger charge is -2.21. The van der Waals surface area contributed by atoms with Crippen LogP contribution in [0.15, 0.2) is 158 Å². The van der Waals surface area contributed by atoms with Gasteiger partial charge in [-0.3, -0.25) is 0 Å². The van der Waals surface area contributed by atoms with Crippen molar-refractivity contribution in [2.75, 3.05) is 21.7 Å². The second kappa shape index (κ2) is 13.8. The number of nitrogen functional groups attached to an aromatic ring is 1. The Balaban J connectivity index is 1.21. The third-order valence-corrected chi connectivity index (χ3v) is 8.76. The van der Waals surface area contributed by atoms with Crippen LogP contribution < -0.4 is 21.7 Å². The van der Waals surface area contributed by atoms with Crippen molar-refractivity contribution < 1.29 is 0 Å². The van der Waals surface area contributed by atoms with Gasteiger partial charge in [0.1, 0.15) is 0 Å². The zero-order valence-corrected chi connectivity index (χ0v) is 28.1. The van der Waals surface area contributed by atoms with E-state index in [0.29, 0.717) is 5.69 Å². The summed E-state index contributed by atoms with van der Waals surface area (Å²) in [6.45, 7) is 6.36. The smallest absolute Gasteiger partial charge is 0.0884 e. The van der Waals surface area contributed by atoms with Gasteiger partial charge < -0.3 is 21.7 Å².